The molecule has 13 heteroatoms. The van der Waals surface area contributed by atoms with Crippen molar-refractivity contribution >= 4 is 40.7 Å². The van der Waals surface area contributed by atoms with Crippen LogP contribution in [0.3, 0.4) is 0 Å². The number of aromatic nitrogens is 2. The summed E-state index contributed by atoms with van der Waals surface area (Å²) >= 11 is 12.7. The Morgan fingerprint density at radius 3 is 2.66 bits per heavy atom. The highest BCUT2D eigenvalue weighted by Gasteiger charge is 2.34. The highest BCUT2D eigenvalue weighted by atomic mass is 35.5. The topological polar surface area (TPSA) is 129 Å². The zero-order chi connectivity index (χ0) is 29.4. The molecule has 0 bridgehead atoms. The summed E-state index contributed by atoms with van der Waals surface area (Å²) in [5.74, 6) is 0.837. The summed E-state index contributed by atoms with van der Waals surface area (Å²) in [5, 5.41) is 12.3. The summed E-state index contributed by atoms with van der Waals surface area (Å²) in [4.78, 5) is 28.2. The second kappa shape index (κ2) is 15.2. The van der Waals surface area contributed by atoms with Gasteiger partial charge in [-0.25, -0.2) is 9.97 Å². The van der Waals surface area contributed by atoms with Gasteiger partial charge in [-0.2, -0.15) is 0 Å². The van der Waals surface area contributed by atoms with E-state index in [-0.39, 0.29) is 29.8 Å². The van der Waals surface area contributed by atoms with Crippen LogP contribution in [-0.4, -0.2) is 109 Å². The van der Waals surface area contributed by atoms with Gasteiger partial charge in [0.05, 0.1) is 13.2 Å². The average Bonchev–Trinajstić information content (AvgIpc) is 2.98. The lowest BCUT2D eigenvalue weighted by Gasteiger charge is -2.47. The smallest absolute Gasteiger partial charge is 0.273 e. The van der Waals surface area contributed by atoms with Gasteiger partial charge in [-0.1, -0.05) is 36.2 Å². The minimum absolute atomic E-state index is 0.0237. The fourth-order valence-electron chi connectivity index (χ4n) is 5.62. The number of halogens is 2. The number of ether oxygens (including phenoxy) is 2. The van der Waals surface area contributed by atoms with Crippen LogP contribution in [0, 0.1) is 0 Å². The molecular formula is C28H41Cl2N7O4. The molecule has 2 fully saturated rings. The molecule has 2 aliphatic heterocycles. The number of anilines is 2. The lowest BCUT2D eigenvalue weighted by molar-refractivity contribution is 0.0606. The first-order chi connectivity index (χ1) is 19.8. The van der Waals surface area contributed by atoms with Crippen molar-refractivity contribution in [2.75, 3.05) is 76.8 Å². The molecule has 1 aromatic carbocycles. The van der Waals surface area contributed by atoms with Gasteiger partial charge in [-0.15, -0.1) is 0 Å². The quantitative estimate of drug-likeness (QED) is 0.309. The number of nitrogens with two attached hydrogens (primary N) is 1. The van der Waals surface area contributed by atoms with Crippen molar-refractivity contribution in [3.63, 3.8) is 0 Å². The molecule has 0 unspecified atom stereocenters. The fourth-order valence-corrected chi connectivity index (χ4v) is 6.03. The molecule has 2 saturated heterocycles. The van der Waals surface area contributed by atoms with Crippen LogP contribution in [-0.2, 0) is 11.3 Å². The second-order valence-electron chi connectivity index (χ2n) is 10.4. The molecule has 2 aliphatic rings. The first-order valence-electron chi connectivity index (χ1n) is 14.2. The first-order valence-corrected chi connectivity index (χ1v) is 14.9. The molecular weight excluding hydrogens is 569 g/mol. The number of piperazine rings is 1. The van der Waals surface area contributed by atoms with Gasteiger partial charge in [0, 0.05) is 62.5 Å². The second-order valence-corrected chi connectivity index (χ2v) is 11.2. The monoisotopic (exact) mass is 609 g/mol. The molecule has 1 atom stereocenters. The number of nitrogen functional groups attached to an aromatic ring is 1. The summed E-state index contributed by atoms with van der Waals surface area (Å²) in [6.45, 7) is 8.37. The predicted molar refractivity (Wildman–Crippen MR) is 161 cm³/mol. The molecule has 0 spiro atoms. The third-order valence-corrected chi connectivity index (χ3v) is 8.26. The van der Waals surface area contributed by atoms with Crippen molar-refractivity contribution in [2.45, 2.75) is 44.8 Å². The molecule has 4 rings (SSSR count). The number of carbonyl (C=O) groups is 1. The summed E-state index contributed by atoms with van der Waals surface area (Å²) in [5.41, 5.74) is 7.19. The molecule has 0 aliphatic carbocycles. The summed E-state index contributed by atoms with van der Waals surface area (Å²) in [7, 11) is 1.66. The maximum Gasteiger partial charge on any atom is 0.273 e. The van der Waals surface area contributed by atoms with Crippen molar-refractivity contribution in [1.29, 1.82) is 0 Å². The van der Waals surface area contributed by atoms with E-state index in [2.05, 4.69) is 43.0 Å². The van der Waals surface area contributed by atoms with Crippen LogP contribution >= 0.6 is 23.2 Å². The third-order valence-electron chi connectivity index (χ3n) is 7.77. The number of rotatable bonds is 12. The van der Waals surface area contributed by atoms with Crippen LogP contribution in [0.2, 0.25) is 10.2 Å². The summed E-state index contributed by atoms with van der Waals surface area (Å²) in [6, 6.07) is 6.70. The zero-order valence-electron chi connectivity index (χ0n) is 23.8. The normalized spacial score (nSPS) is 19.0. The first kappa shape index (κ1) is 31.5. The van der Waals surface area contributed by atoms with Gasteiger partial charge in [0.15, 0.2) is 22.5 Å². The highest BCUT2D eigenvalue weighted by Crippen LogP contribution is 2.31. The van der Waals surface area contributed by atoms with Gasteiger partial charge in [-0.05, 0) is 44.5 Å². The molecule has 11 nitrogen and oxygen atoms in total. The fraction of sp³-hybridized carbons (Fsp3) is 0.607. The average molecular weight is 611 g/mol. The van der Waals surface area contributed by atoms with E-state index in [0.29, 0.717) is 36.1 Å². The van der Waals surface area contributed by atoms with Gasteiger partial charge >= 0.3 is 0 Å². The van der Waals surface area contributed by atoms with Crippen LogP contribution in [0.15, 0.2) is 18.2 Å². The Balaban J connectivity index is 1.34. The number of aliphatic hydroxyl groups excluding tert-OH is 1. The Hall–Kier alpha value is -2.41. The standard InChI is InChI=1S/C28H41Cl2N7O4/c1-3-21-18-36(27-25(30)33-24(26(31)34-27)28(39)32-8-13-38)11-12-37(21)22-6-9-35(10-7-22)17-19-4-5-20(29)16-23(19)41-15-14-40-2/h4-5,16,21-22,38H,3,6-15,17-18H2,1-2H3,(H2,31,34)(H,32,39)/t21-/m0/s1. The number of benzene rings is 1. The van der Waals surface area contributed by atoms with Crippen LogP contribution in [0.25, 0.3) is 0 Å². The predicted octanol–water partition coefficient (Wildman–Crippen LogP) is 2.68. The third kappa shape index (κ3) is 8.12. The van der Waals surface area contributed by atoms with Crippen molar-refractivity contribution in [2.24, 2.45) is 0 Å². The Morgan fingerprint density at radius 2 is 1.95 bits per heavy atom. The largest absolute Gasteiger partial charge is 0.491 e. The van der Waals surface area contributed by atoms with Crippen molar-refractivity contribution in [1.82, 2.24) is 25.1 Å². The molecule has 0 radical (unpaired) electrons. The van der Waals surface area contributed by atoms with Crippen molar-refractivity contribution in [3.05, 3.63) is 39.6 Å². The Labute approximate surface area is 251 Å². The SMILES string of the molecule is CC[C@H]1CN(c2nc(N)c(C(=O)NCCO)nc2Cl)CCN1C1CCN(Cc2ccc(Cl)cc2OCCOC)CC1. The van der Waals surface area contributed by atoms with Gasteiger partial charge in [0.1, 0.15) is 12.4 Å². The van der Waals surface area contributed by atoms with Crippen LogP contribution in [0.4, 0.5) is 11.6 Å². The number of hydrogen-bond donors (Lipinski definition) is 3. The van der Waals surface area contributed by atoms with E-state index in [4.69, 9.17) is 43.5 Å². The van der Waals surface area contributed by atoms with Crippen LogP contribution < -0.4 is 20.7 Å². The molecule has 4 N–H and O–H groups in total. The summed E-state index contributed by atoms with van der Waals surface area (Å²) in [6.07, 6.45) is 3.18. The Morgan fingerprint density at radius 1 is 1.17 bits per heavy atom. The zero-order valence-corrected chi connectivity index (χ0v) is 25.3. The van der Waals surface area contributed by atoms with Gasteiger partial charge in [0.2, 0.25) is 0 Å². The number of likely N-dealkylation sites (tertiary alicyclic amines) is 1. The van der Waals surface area contributed by atoms with Crippen LogP contribution in [0.5, 0.6) is 5.75 Å². The molecule has 41 heavy (non-hydrogen) atoms. The highest BCUT2D eigenvalue weighted by molar-refractivity contribution is 6.32. The number of piperidine rings is 1. The van der Waals surface area contributed by atoms with Gasteiger partial charge in [0.25, 0.3) is 5.91 Å². The number of nitrogens with zero attached hydrogens (tertiary/aromatic N) is 5. The lowest BCUT2D eigenvalue weighted by Crippen LogP contribution is -2.58. The maximum atomic E-state index is 12.3. The molecule has 3 heterocycles. The molecule has 226 valence electrons. The van der Waals surface area contributed by atoms with E-state index in [1.54, 1.807) is 7.11 Å². The van der Waals surface area contributed by atoms with E-state index in [0.717, 1.165) is 69.8 Å². The molecule has 2 aromatic rings. The van der Waals surface area contributed by atoms with E-state index < -0.39 is 5.91 Å². The summed E-state index contributed by atoms with van der Waals surface area (Å²) < 4.78 is 11.1. The number of methoxy groups -OCH3 is 1. The minimum atomic E-state index is -0.508. The number of hydrogen-bond acceptors (Lipinski definition) is 10. The van der Waals surface area contributed by atoms with Gasteiger partial charge < -0.3 is 30.5 Å². The van der Waals surface area contributed by atoms with Crippen molar-refractivity contribution in [3.8, 4) is 5.75 Å². The molecule has 1 amide bonds. The Kier molecular flexibility index (Phi) is 11.7. The number of nitrogens with one attached hydrogen (secondary N) is 1. The minimum Gasteiger partial charge on any atom is -0.491 e. The number of aliphatic hydroxyl groups is 1. The molecule has 0 saturated carbocycles. The maximum absolute atomic E-state index is 12.3. The van der Waals surface area contributed by atoms with E-state index in [1.165, 1.54) is 0 Å². The Bertz CT molecular complexity index is 1170. The van der Waals surface area contributed by atoms with Crippen molar-refractivity contribution < 1.29 is 19.4 Å². The number of amides is 1. The number of carbonyl (C=O) groups excluding carboxylic acids is 1. The van der Waals surface area contributed by atoms with E-state index in [9.17, 15) is 4.79 Å². The van der Waals surface area contributed by atoms with E-state index >= 15 is 0 Å². The lowest BCUT2D eigenvalue weighted by atomic mass is 9.97. The van der Waals surface area contributed by atoms with Crippen LogP contribution in [0.1, 0.15) is 42.2 Å². The van der Waals surface area contributed by atoms with Gasteiger partial charge in [-0.3, -0.25) is 14.6 Å². The molecule has 1 aromatic heterocycles. The van der Waals surface area contributed by atoms with E-state index in [1.807, 2.05) is 12.1 Å².